The molecular formula is C3H4NO2Rf-. The standard InChI is InChI=1S/C3H4NO2.Rf/c4-1-3(6)2-5;/h1,4H2;/q-1;. The number of carbonyl (C=O) groups is 1. The van der Waals surface area contributed by atoms with E-state index in [2.05, 4.69) is 5.73 Å². The second-order valence-corrected chi connectivity index (χ2v) is 0.729. The molecule has 0 radical (unpaired) electrons. The van der Waals surface area contributed by atoms with E-state index < -0.39 is 5.78 Å². The molecule has 0 saturated heterocycles. The van der Waals surface area contributed by atoms with E-state index in [0.717, 1.165) is 6.29 Å². The summed E-state index contributed by atoms with van der Waals surface area (Å²) in [4.78, 5) is 18.8. The van der Waals surface area contributed by atoms with Gasteiger partial charge in [0.05, 0.1) is 0 Å². The Hall–Kier alpha value is -1.70. The van der Waals surface area contributed by atoms with Crippen LogP contribution >= 0.6 is 0 Å². The third-order valence-corrected chi connectivity index (χ3v) is 0.299. The maximum absolute atomic E-state index is 9.63. The first-order chi connectivity index (χ1) is 2.81. The normalized spacial score (nSPS) is 6.43. The molecule has 0 fully saturated rings. The third-order valence-electron chi connectivity index (χ3n) is 0.299. The molecule has 0 heterocycles. The zero-order chi connectivity index (χ0) is 4.99. The Balaban J connectivity index is 0. The van der Waals surface area contributed by atoms with Crippen LogP contribution in [-0.4, -0.2) is 18.6 Å². The summed E-state index contributed by atoms with van der Waals surface area (Å²) in [6.45, 7) is -0.233. The molecule has 7 heavy (non-hydrogen) atoms. The molecule has 0 atom stereocenters. The van der Waals surface area contributed by atoms with E-state index in [1.165, 1.54) is 0 Å². The Morgan fingerprint density at radius 3 is 2.14 bits per heavy atom. The predicted octanol–water partition coefficient (Wildman–Crippen LogP) is -1.38. The van der Waals surface area contributed by atoms with Crippen LogP contribution < -0.4 is 5.73 Å². The average molecular weight is 353 g/mol. The number of nitrogens with two attached hydrogens (primary N) is 1. The van der Waals surface area contributed by atoms with Crippen LogP contribution in [-0.2, 0) is 9.59 Å². The monoisotopic (exact) mass is 353 g/mol. The minimum Gasteiger partial charge on any atom is -0.534 e. The number of carbonyl (C=O) groups excluding carboxylic acids is 2. The number of Topliss-reactive ketones (excluding diaryl/α,β-unsaturated/α-hetero) is 1. The first-order valence-corrected chi connectivity index (χ1v) is 1.42. The Labute approximate surface area is 35.1 Å². The van der Waals surface area contributed by atoms with E-state index in [-0.39, 0.29) is 6.54 Å². The molecule has 0 aliphatic rings. The Bertz CT molecular complexity index is 73.3. The molecule has 0 unspecified atom stereocenters. The third kappa shape index (κ3) is 4.30. The van der Waals surface area contributed by atoms with Gasteiger partial charge in [0.2, 0.25) is 0 Å². The number of hydrogen-bond acceptors (Lipinski definition) is 3. The number of ketones is 1. The van der Waals surface area contributed by atoms with Crippen molar-refractivity contribution < 1.29 is 9.59 Å². The Kier molecular flexibility index (Phi) is 5.53. The summed E-state index contributed by atoms with van der Waals surface area (Å²) in [5.74, 6) is -0.685. The van der Waals surface area contributed by atoms with E-state index in [4.69, 9.17) is 0 Å². The molecule has 0 aromatic carbocycles. The summed E-state index contributed by atoms with van der Waals surface area (Å²) in [6.07, 6.45) is 1.10. The first-order valence-electron chi connectivity index (χ1n) is 1.42. The first kappa shape index (κ1) is 9.00. The summed E-state index contributed by atoms with van der Waals surface area (Å²) in [6, 6.07) is 0. The van der Waals surface area contributed by atoms with E-state index >= 15 is 0 Å². The van der Waals surface area contributed by atoms with Crippen LogP contribution in [0.1, 0.15) is 0 Å². The van der Waals surface area contributed by atoms with Crippen molar-refractivity contribution in [3.63, 3.8) is 0 Å². The summed E-state index contributed by atoms with van der Waals surface area (Å²) in [5, 5.41) is 0. The van der Waals surface area contributed by atoms with E-state index in [1.54, 1.807) is 0 Å². The van der Waals surface area contributed by atoms with Gasteiger partial charge in [0.25, 0.3) is 0 Å². The zero-order valence-electron chi connectivity index (χ0n) is 3.81. The maximum Gasteiger partial charge on any atom is 0.0289 e. The molecule has 0 spiro atoms. The molecule has 36 valence electrons. The molecule has 0 saturated carbocycles. The molecule has 0 aliphatic heterocycles. The Morgan fingerprint density at radius 2 is 2.14 bits per heavy atom. The maximum atomic E-state index is 9.63. The van der Waals surface area contributed by atoms with Gasteiger partial charge in [-0.3, -0.25) is 0 Å². The van der Waals surface area contributed by atoms with Gasteiger partial charge in [0.15, 0.2) is 0 Å². The zero-order valence-corrected chi connectivity index (χ0v) is 10.2. The second-order valence-electron chi connectivity index (χ2n) is 0.729. The van der Waals surface area contributed by atoms with Gasteiger partial charge < -0.3 is 15.3 Å². The van der Waals surface area contributed by atoms with Crippen LogP contribution in [0.15, 0.2) is 0 Å². The van der Waals surface area contributed by atoms with E-state index in [0.29, 0.717) is 0 Å². The Morgan fingerprint density at radius 1 is 1.71 bits per heavy atom. The largest absolute Gasteiger partial charge is 0.534 e. The fraction of sp³-hybridized carbons (Fsp3) is 0.333. The predicted molar refractivity (Wildman–Crippen MR) is 19.8 cm³/mol. The molecule has 0 bridgehead atoms. The quantitative estimate of drug-likeness (QED) is 0.492. The summed E-state index contributed by atoms with van der Waals surface area (Å²) in [5.41, 5.74) is 4.67. The fourth-order valence-corrected chi connectivity index (χ4v) is 0.0417. The van der Waals surface area contributed by atoms with Crippen molar-refractivity contribution in [2.45, 2.75) is 0 Å². The molecule has 0 aliphatic carbocycles. The second kappa shape index (κ2) is 4.30. The molecule has 2 N–H and O–H groups in total. The van der Waals surface area contributed by atoms with Gasteiger partial charge >= 0.3 is 0 Å². The minimum absolute atomic E-state index is 0. The van der Waals surface area contributed by atoms with Crippen molar-refractivity contribution in [2.24, 2.45) is 5.73 Å². The van der Waals surface area contributed by atoms with Crippen molar-refractivity contribution in [3.8, 4) is 0 Å². The molecule has 0 amide bonds. The van der Waals surface area contributed by atoms with Gasteiger partial charge in [-0.1, -0.05) is 0 Å². The molecule has 4 heteroatoms. The van der Waals surface area contributed by atoms with Gasteiger partial charge in [0, 0.05) is 12.3 Å². The average Bonchev–Trinajstić information content (AvgIpc) is 1.65. The van der Waals surface area contributed by atoms with Crippen LogP contribution in [0.3, 0.4) is 0 Å². The summed E-state index contributed by atoms with van der Waals surface area (Å²) < 4.78 is 0. The van der Waals surface area contributed by atoms with Crippen LogP contribution in [0, 0.1) is 0 Å². The van der Waals surface area contributed by atoms with E-state index in [9.17, 15) is 9.59 Å². The van der Waals surface area contributed by atoms with Crippen LogP contribution in [0.25, 0.3) is 0 Å². The molecule has 0 aromatic heterocycles. The fourth-order valence-electron chi connectivity index (χ4n) is 0.0417. The van der Waals surface area contributed by atoms with Crippen LogP contribution in [0.5, 0.6) is 0 Å². The summed E-state index contributed by atoms with van der Waals surface area (Å²) in [7, 11) is 0. The van der Waals surface area contributed by atoms with Crippen molar-refractivity contribution in [2.75, 3.05) is 6.54 Å². The van der Waals surface area contributed by atoms with Gasteiger partial charge in [-0.15, -0.1) is 0 Å². The molecular weight excluding hydrogens is 349 g/mol. The summed E-state index contributed by atoms with van der Waals surface area (Å²) >= 11 is 0. The van der Waals surface area contributed by atoms with Gasteiger partial charge in [-0.25, -0.2) is 0 Å². The van der Waals surface area contributed by atoms with Crippen LogP contribution in [0.4, 0.5) is 0 Å². The topological polar surface area (TPSA) is 60.2 Å². The van der Waals surface area contributed by atoms with Gasteiger partial charge in [0.1, 0.15) is 0 Å². The van der Waals surface area contributed by atoms with Crippen molar-refractivity contribution in [1.82, 2.24) is 0 Å². The SMILES string of the molecule is NCC(=O)[C-]=O.[Rf]. The van der Waals surface area contributed by atoms with Gasteiger partial charge in [-0.05, 0) is 0 Å². The molecule has 0 aromatic rings. The van der Waals surface area contributed by atoms with Crippen molar-refractivity contribution in [1.29, 1.82) is 0 Å². The smallest absolute Gasteiger partial charge is 0.0289 e. The molecule has 3 nitrogen and oxygen atoms in total. The van der Waals surface area contributed by atoms with Crippen molar-refractivity contribution >= 4 is 12.1 Å². The number of rotatable bonds is 2. The minimum atomic E-state index is -0.685. The number of hydrogen-bond donors (Lipinski definition) is 1. The van der Waals surface area contributed by atoms with Crippen LogP contribution in [0.2, 0.25) is 0 Å². The molecule has 0 rings (SSSR count). The van der Waals surface area contributed by atoms with E-state index in [1.807, 2.05) is 0 Å². The van der Waals surface area contributed by atoms with Crippen molar-refractivity contribution in [3.05, 3.63) is 0 Å². The van der Waals surface area contributed by atoms with Gasteiger partial charge in [-0.2, -0.15) is 6.29 Å².